The van der Waals surface area contributed by atoms with Gasteiger partial charge >= 0.3 is 0 Å². The molecule has 0 radical (unpaired) electrons. The van der Waals surface area contributed by atoms with Crippen LogP contribution in [0, 0.1) is 11.6 Å². The molecule has 108 valence electrons. The number of benzene rings is 1. The van der Waals surface area contributed by atoms with Crippen molar-refractivity contribution in [1.29, 1.82) is 0 Å². The second kappa shape index (κ2) is 5.43. The molecule has 3 rings (SSSR count). The molecule has 0 aliphatic heterocycles. The minimum absolute atomic E-state index is 0.168. The molecule has 0 saturated carbocycles. The smallest absolute Gasteiger partial charge is 0.254 e. The lowest BCUT2D eigenvalue weighted by molar-refractivity contribution is 0.586. The summed E-state index contributed by atoms with van der Waals surface area (Å²) in [7, 11) is 0. The monoisotopic (exact) mass is 289 g/mol. The summed E-state index contributed by atoms with van der Waals surface area (Å²) in [5.41, 5.74) is 1.00. The van der Waals surface area contributed by atoms with Gasteiger partial charge in [-0.2, -0.15) is 14.6 Å². The molecule has 2 aromatic heterocycles. The van der Waals surface area contributed by atoms with Gasteiger partial charge in [-0.3, -0.25) is 0 Å². The molecular formula is C14H13F2N5. The number of aryl methyl sites for hydroxylation is 1. The molecule has 1 aromatic carbocycles. The number of aromatic nitrogens is 4. The molecule has 0 aliphatic carbocycles. The summed E-state index contributed by atoms with van der Waals surface area (Å²) in [5, 5.41) is 6.95. The molecule has 3 aromatic rings. The third-order valence-electron chi connectivity index (χ3n) is 3.00. The van der Waals surface area contributed by atoms with Crippen LogP contribution in [-0.2, 0) is 6.42 Å². The molecule has 0 spiro atoms. The third kappa shape index (κ3) is 2.67. The Kier molecular flexibility index (Phi) is 3.47. The van der Waals surface area contributed by atoms with E-state index < -0.39 is 11.6 Å². The molecule has 0 atom stereocenters. The largest absolute Gasteiger partial charge is 0.338 e. The van der Waals surface area contributed by atoms with Gasteiger partial charge in [-0.05, 0) is 18.6 Å². The lowest BCUT2D eigenvalue weighted by Gasteiger charge is -2.10. The quantitative estimate of drug-likeness (QED) is 0.802. The number of fused-ring (bicyclic) bond motifs is 1. The number of hydrogen-bond donors (Lipinski definition) is 1. The Morgan fingerprint density at radius 3 is 2.86 bits per heavy atom. The van der Waals surface area contributed by atoms with Crippen molar-refractivity contribution in [1.82, 2.24) is 19.6 Å². The second-order valence-electron chi connectivity index (χ2n) is 4.60. The molecule has 7 heteroatoms. The van der Waals surface area contributed by atoms with Crippen LogP contribution < -0.4 is 5.32 Å². The van der Waals surface area contributed by atoms with Crippen LogP contribution in [0.25, 0.3) is 5.78 Å². The van der Waals surface area contributed by atoms with E-state index in [-0.39, 0.29) is 5.69 Å². The van der Waals surface area contributed by atoms with E-state index in [2.05, 4.69) is 20.4 Å². The van der Waals surface area contributed by atoms with Crippen molar-refractivity contribution in [3.05, 3.63) is 47.9 Å². The van der Waals surface area contributed by atoms with Gasteiger partial charge in [0.25, 0.3) is 5.78 Å². The molecule has 2 heterocycles. The summed E-state index contributed by atoms with van der Waals surface area (Å²) in [4.78, 5) is 8.41. The third-order valence-corrected chi connectivity index (χ3v) is 3.00. The number of halogens is 2. The normalized spacial score (nSPS) is 11.0. The van der Waals surface area contributed by atoms with Crippen molar-refractivity contribution in [3.63, 3.8) is 0 Å². The predicted octanol–water partition coefficient (Wildman–Crippen LogP) is 3.10. The van der Waals surface area contributed by atoms with Gasteiger partial charge in [-0.1, -0.05) is 13.3 Å². The molecule has 1 N–H and O–H groups in total. The van der Waals surface area contributed by atoms with Crippen LogP contribution in [0.15, 0.2) is 30.6 Å². The van der Waals surface area contributed by atoms with Crippen LogP contribution in [0.4, 0.5) is 20.3 Å². The van der Waals surface area contributed by atoms with Gasteiger partial charge < -0.3 is 5.32 Å². The highest BCUT2D eigenvalue weighted by Crippen LogP contribution is 2.21. The second-order valence-corrected chi connectivity index (χ2v) is 4.60. The van der Waals surface area contributed by atoms with Crippen LogP contribution in [-0.4, -0.2) is 19.6 Å². The van der Waals surface area contributed by atoms with Gasteiger partial charge in [0.2, 0.25) is 0 Å². The standard InChI is InChI=1S/C14H13F2N5/c1-2-3-10-7-13(21-14(19-10)17-8-18-21)20-12-5-4-9(15)6-11(12)16/h4-8,20H,2-3H2,1H3. The summed E-state index contributed by atoms with van der Waals surface area (Å²) < 4.78 is 28.2. The fraction of sp³-hybridized carbons (Fsp3) is 0.214. The number of nitrogens with one attached hydrogen (secondary N) is 1. The number of anilines is 2. The van der Waals surface area contributed by atoms with E-state index in [9.17, 15) is 8.78 Å². The summed E-state index contributed by atoms with van der Waals surface area (Å²) in [5.74, 6) is -0.320. The fourth-order valence-corrected chi connectivity index (χ4v) is 2.06. The van der Waals surface area contributed by atoms with Crippen LogP contribution in [0.5, 0.6) is 0 Å². The summed E-state index contributed by atoms with van der Waals surface area (Å²) in [6, 6.07) is 5.15. The van der Waals surface area contributed by atoms with E-state index in [0.29, 0.717) is 11.6 Å². The molecule has 0 fully saturated rings. The highest BCUT2D eigenvalue weighted by molar-refractivity contribution is 5.59. The first-order valence-corrected chi connectivity index (χ1v) is 6.59. The Bertz CT molecular complexity index is 784. The first-order valence-electron chi connectivity index (χ1n) is 6.59. The van der Waals surface area contributed by atoms with Crippen LogP contribution in [0.3, 0.4) is 0 Å². The summed E-state index contributed by atoms with van der Waals surface area (Å²) in [6.07, 6.45) is 3.09. The first-order chi connectivity index (χ1) is 10.2. The fourth-order valence-electron chi connectivity index (χ4n) is 2.06. The zero-order chi connectivity index (χ0) is 14.8. The van der Waals surface area contributed by atoms with Crippen molar-refractivity contribution >= 4 is 17.3 Å². The van der Waals surface area contributed by atoms with E-state index in [1.165, 1.54) is 23.0 Å². The number of nitrogens with zero attached hydrogens (tertiary/aromatic N) is 4. The average molecular weight is 289 g/mol. The topological polar surface area (TPSA) is 55.1 Å². The number of rotatable bonds is 4. The highest BCUT2D eigenvalue weighted by Gasteiger charge is 2.10. The average Bonchev–Trinajstić information content (AvgIpc) is 2.91. The lowest BCUT2D eigenvalue weighted by Crippen LogP contribution is -2.05. The predicted molar refractivity (Wildman–Crippen MR) is 74.4 cm³/mol. The molecule has 0 saturated heterocycles. The lowest BCUT2D eigenvalue weighted by atomic mass is 10.2. The van der Waals surface area contributed by atoms with E-state index >= 15 is 0 Å². The Balaban J connectivity index is 2.04. The molecular weight excluding hydrogens is 276 g/mol. The van der Waals surface area contributed by atoms with E-state index in [1.54, 1.807) is 6.07 Å². The number of hydrogen-bond acceptors (Lipinski definition) is 4. The Morgan fingerprint density at radius 2 is 2.10 bits per heavy atom. The first kappa shape index (κ1) is 13.4. The Morgan fingerprint density at radius 1 is 1.24 bits per heavy atom. The van der Waals surface area contributed by atoms with Crippen molar-refractivity contribution in [2.24, 2.45) is 0 Å². The maximum absolute atomic E-state index is 13.7. The molecule has 0 amide bonds. The zero-order valence-corrected chi connectivity index (χ0v) is 11.3. The van der Waals surface area contributed by atoms with Gasteiger partial charge in [0.15, 0.2) is 0 Å². The highest BCUT2D eigenvalue weighted by atomic mass is 19.1. The van der Waals surface area contributed by atoms with E-state index in [1.807, 2.05) is 6.92 Å². The maximum Gasteiger partial charge on any atom is 0.254 e. The van der Waals surface area contributed by atoms with E-state index in [4.69, 9.17) is 0 Å². The summed E-state index contributed by atoms with van der Waals surface area (Å²) in [6.45, 7) is 2.04. The van der Waals surface area contributed by atoms with Gasteiger partial charge in [-0.15, -0.1) is 0 Å². The van der Waals surface area contributed by atoms with Crippen molar-refractivity contribution in [2.75, 3.05) is 5.32 Å². The Hall–Kier alpha value is -2.57. The van der Waals surface area contributed by atoms with Gasteiger partial charge in [0.05, 0.1) is 5.69 Å². The molecule has 0 bridgehead atoms. The van der Waals surface area contributed by atoms with Crippen LogP contribution >= 0.6 is 0 Å². The van der Waals surface area contributed by atoms with Gasteiger partial charge in [-0.25, -0.2) is 13.8 Å². The van der Waals surface area contributed by atoms with E-state index in [0.717, 1.165) is 24.6 Å². The molecule has 5 nitrogen and oxygen atoms in total. The zero-order valence-electron chi connectivity index (χ0n) is 11.3. The Labute approximate surface area is 119 Å². The van der Waals surface area contributed by atoms with Crippen molar-refractivity contribution in [3.8, 4) is 0 Å². The minimum Gasteiger partial charge on any atom is -0.338 e. The maximum atomic E-state index is 13.7. The van der Waals surface area contributed by atoms with Crippen molar-refractivity contribution in [2.45, 2.75) is 19.8 Å². The van der Waals surface area contributed by atoms with Crippen molar-refractivity contribution < 1.29 is 8.78 Å². The van der Waals surface area contributed by atoms with Crippen LogP contribution in [0.2, 0.25) is 0 Å². The minimum atomic E-state index is -0.669. The summed E-state index contributed by atoms with van der Waals surface area (Å²) >= 11 is 0. The molecule has 0 aliphatic rings. The molecule has 21 heavy (non-hydrogen) atoms. The SMILES string of the molecule is CCCc1cc(Nc2ccc(F)cc2F)n2ncnc2n1. The molecule has 0 unspecified atom stereocenters. The van der Waals surface area contributed by atoms with Gasteiger partial charge in [0.1, 0.15) is 23.8 Å². The van der Waals surface area contributed by atoms with Gasteiger partial charge in [0, 0.05) is 17.8 Å². The van der Waals surface area contributed by atoms with Crippen LogP contribution in [0.1, 0.15) is 19.0 Å².